The van der Waals surface area contributed by atoms with Crippen LogP contribution in [0.3, 0.4) is 0 Å². The summed E-state index contributed by atoms with van der Waals surface area (Å²) in [4.78, 5) is 36.2. The second-order valence-electron chi connectivity index (χ2n) is 4.70. The van der Waals surface area contributed by atoms with Crippen molar-refractivity contribution in [3.05, 3.63) is 30.3 Å². The summed E-state index contributed by atoms with van der Waals surface area (Å²) in [7, 11) is 0. The third-order valence-corrected chi connectivity index (χ3v) is 2.95. The summed E-state index contributed by atoms with van der Waals surface area (Å²) in [5, 5.41) is 2.19. The van der Waals surface area contributed by atoms with Crippen molar-refractivity contribution in [3.63, 3.8) is 0 Å². The van der Waals surface area contributed by atoms with Crippen LogP contribution >= 0.6 is 0 Å². The minimum atomic E-state index is -1.13. The first-order valence-corrected chi connectivity index (χ1v) is 5.80. The normalized spacial score (nSPS) is 17.9. The molecule has 1 heterocycles. The Morgan fingerprint density at radius 3 is 2.53 bits per heavy atom. The number of ether oxygens (including phenoxy) is 1. The van der Waals surface area contributed by atoms with Crippen LogP contribution in [0.1, 0.15) is 13.8 Å². The molecule has 1 saturated heterocycles. The lowest BCUT2D eigenvalue weighted by molar-refractivity contribution is -0.143. The summed E-state index contributed by atoms with van der Waals surface area (Å²) in [6, 6.07) is 8.48. The van der Waals surface area contributed by atoms with Crippen molar-refractivity contribution >= 4 is 17.9 Å². The van der Waals surface area contributed by atoms with Gasteiger partial charge in [0.1, 0.15) is 17.8 Å². The molecule has 0 atom stereocenters. The van der Waals surface area contributed by atoms with Crippen molar-refractivity contribution in [3.8, 4) is 5.75 Å². The quantitative estimate of drug-likeness (QED) is 0.764. The minimum Gasteiger partial charge on any atom is -0.410 e. The van der Waals surface area contributed by atoms with Crippen LogP contribution in [0.25, 0.3) is 0 Å². The van der Waals surface area contributed by atoms with Gasteiger partial charge in [-0.1, -0.05) is 18.2 Å². The lowest BCUT2D eigenvalue weighted by Gasteiger charge is -2.38. The van der Waals surface area contributed by atoms with E-state index in [9.17, 15) is 14.4 Å². The Balaban J connectivity index is 2.17. The number of hydrogen-bond acceptors (Lipinski definition) is 4. The van der Waals surface area contributed by atoms with Crippen molar-refractivity contribution in [1.29, 1.82) is 0 Å². The molecule has 0 saturated carbocycles. The van der Waals surface area contributed by atoms with E-state index in [0.717, 1.165) is 4.90 Å². The number of imide groups is 1. The molecular weight excluding hydrogens is 248 g/mol. The van der Waals surface area contributed by atoms with Gasteiger partial charge in [0.2, 0.25) is 5.91 Å². The molecule has 0 spiro atoms. The molecule has 0 bridgehead atoms. The molecule has 6 heteroatoms. The number of amides is 3. The van der Waals surface area contributed by atoms with Crippen molar-refractivity contribution in [2.75, 3.05) is 6.54 Å². The highest BCUT2D eigenvalue weighted by molar-refractivity contribution is 6.05. The molecule has 19 heavy (non-hydrogen) atoms. The highest BCUT2D eigenvalue weighted by Gasteiger charge is 2.44. The van der Waals surface area contributed by atoms with Crippen LogP contribution in [0.2, 0.25) is 0 Å². The van der Waals surface area contributed by atoms with Gasteiger partial charge in [-0.15, -0.1) is 0 Å². The highest BCUT2D eigenvalue weighted by Crippen LogP contribution is 2.20. The predicted molar refractivity (Wildman–Crippen MR) is 66.4 cm³/mol. The topological polar surface area (TPSA) is 75.7 Å². The Labute approximate surface area is 110 Å². The third-order valence-electron chi connectivity index (χ3n) is 2.95. The molecule has 1 aromatic carbocycles. The number of carbonyl (C=O) groups is 3. The first-order chi connectivity index (χ1) is 8.91. The first kappa shape index (κ1) is 13.1. The van der Waals surface area contributed by atoms with E-state index in [4.69, 9.17) is 4.74 Å². The van der Waals surface area contributed by atoms with E-state index in [-0.39, 0.29) is 6.54 Å². The summed E-state index contributed by atoms with van der Waals surface area (Å²) >= 11 is 0. The van der Waals surface area contributed by atoms with Crippen LogP contribution in [0.5, 0.6) is 5.75 Å². The molecule has 0 unspecified atom stereocenters. The van der Waals surface area contributed by atoms with E-state index in [1.807, 2.05) is 0 Å². The number of carbonyl (C=O) groups excluding carboxylic acids is 3. The van der Waals surface area contributed by atoms with Crippen LogP contribution in [0.4, 0.5) is 4.79 Å². The van der Waals surface area contributed by atoms with Crippen molar-refractivity contribution in [2.24, 2.45) is 0 Å². The first-order valence-electron chi connectivity index (χ1n) is 5.80. The largest absolute Gasteiger partial charge is 0.416 e. The molecule has 1 fully saturated rings. The van der Waals surface area contributed by atoms with Crippen molar-refractivity contribution < 1.29 is 19.1 Å². The number of nitrogens with one attached hydrogen (secondary N) is 1. The molecule has 100 valence electrons. The van der Waals surface area contributed by atoms with Gasteiger partial charge in [-0.05, 0) is 26.0 Å². The minimum absolute atomic E-state index is 0.204. The maximum absolute atomic E-state index is 12.0. The van der Waals surface area contributed by atoms with E-state index in [1.165, 1.54) is 0 Å². The molecule has 0 radical (unpaired) electrons. The van der Waals surface area contributed by atoms with E-state index in [0.29, 0.717) is 5.75 Å². The lowest BCUT2D eigenvalue weighted by Crippen LogP contribution is -2.65. The molecule has 0 aromatic heterocycles. The monoisotopic (exact) mass is 262 g/mol. The Hall–Kier alpha value is -2.37. The molecule has 2 rings (SSSR count). The zero-order chi connectivity index (χ0) is 14.0. The molecule has 6 nitrogen and oxygen atoms in total. The lowest BCUT2D eigenvalue weighted by atomic mass is 9.99. The fourth-order valence-electron chi connectivity index (χ4n) is 1.72. The molecule has 1 aliphatic heterocycles. The van der Waals surface area contributed by atoms with Gasteiger partial charge in [0.25, 0.3) is 5.91 Å². The van der Waals surface area contributed by atoms with Gasteiger partial charge in [-0.25, -0.2) is 4.79 Å². The van der Waals surface area contributed by atoms with E-state index in [2.05, 4.69) is 5.32 Å². The van der Waals surface area contributed by atoms with E-state index in [1.54, 1.807) is 44.2 Å². The third kappa shape index (κ3) is 2.57. The maximum atomic E-state index is 12.0. The number of benzene rings is 1. The molecule has 1 N–H and O–H groups in total. The van der Waals surface area contributed by atoms with E-state index >= 15 is 0 Å². The van der Waals surface area contributed by atoms with Gasteiger partial charge >= 0.3 is 6.09 Å². The summed E-state index contributed by atoms with van der Waals surface area (Å²) in [6.07, 6.45) is -0.723. The Kier molecular flexibility index (Phi) is 3.25. The van der Waals surface area contributed by atoms with Crippen molar-refractivity contribution in [2.45, 2.75) is 19.4 Å². The second kappa shape index (κ2) is 4.72. The summed E-state index contributed by atoms with van der Waals surface area (Å²) in [5.74, 6) is -0.676. The number of nitrogens with zero attached hydrogens (tertiary/aromatic N) is 1. The average molecular weight is 262 g/mol. The van der Waals surface area contributed by atoms with Crippen LogP contribution in [0, 0.1) is 0 Å². The SMILES string of the molecule is CC1(C)C(=O)NC(=O)CN1C(=O)Oc1ccccc1. The molecule has 3 amide bonds. The van der Waals surface area contributed by atoms with Crippen molar-refractivity contribution in [1.82, 2.24) is 10.2 Å². The number of hydrogen-bond donors (Lipinski definition) is 1. The number of piperazine rings is 1. The Morgan fingerprint density at radius 1 is 1.26 bits per heavy atom. The maximum Gasteiger partial charge on any atom is 0.416 e. The van der Waals surface area contributed by atoms with Gasteiger partial charge in [0.15, 0.2) is 0 Å². The van der Waals surface area contributed by atoms with E-state index < -0.39 is 23.4 Å². The fourth-order valence-corrected chi connectivity index (χ4v) is 1.72. The molecule has 0 aliphatic carbocycles. The Bertz CT molecular complexity index is 525. The van der Waals surface area contributed by atoms with Gasteiger partial charge in [-0.2, -0.15) is 0 Å². The summed E-state index contributed by atoms with van der Waals surface area (Å²) < 4.78 is 5.14. The summed E-state index contributed by atoms with van der Waals surface area (Å²) in [6.45, 7) is 2.91. The highest BCUT2D eigenvalue weighted by atomic mass is 16.6. The number of rotatable bonds is 1. The van der Waals surface area contributed by atoms with Crippen LogP contribution in [0.15, 0.2) is 30.3 Å². The summed E-state index contributed by atoms with van der Waals surface area (Å²) in [5.41, 5.74) is -1.13. The smallest absolute Gasteiger partial charge is 0.410 e. The van der Waals surface area contributed by atoms with Crippen LogP contribution in [-0.4, -0.2) is 34.9 Å². The van der Waals surface area contributed by atoms with Gasteiger partial charge in [-0.3, -0.25) is 19.8 Å². The molecular formula is C13H14N2O4. The van der Waals surface area contributed by atoms with Gasteiger partial charge in [0, 0.05) is 0 Å². The molecule has 1 aliphatic rings. The second-order valence-corrected chi connectivity index (χ2v) is 4.70. The zero-order valence-corrected chi connectivity index (χ0v) is 10.7. The standard InChI is InChI=1S/C13H14N2O4/c1-13(2)11(17)14-10(16)8-15(13)12(18)19-9-6-4-3-5-7-9/h3-7H,8H2,1-2H3,(H,14,16,17). The van der Waals surface area contributed by atoms with Crippen LogP contribution in [-0.2, 0) is 9.59 Å². The average Bonchev–Trinajstić information content (AvgIpc) is 2.35. The molecule has 1 aromatic rings. The zero-order valence-electron chi connectivity index (χ0n) is 10.7. The Morgan fingerprint density at radius 2 is 1.89 bits per heavy atom. The number of para-hydroxylation sites is 1. The predicted octanol–water partition coefficient (Wildman–Crippen LogP) is 0.922. The fraction of sp³-hybridized carbons (Fsp3) is 0.308. The van der Waals surface area contributed by atoms with Gasteiger partial charge in [0.05, 0.1) is 0 Å². The van der Waals surface area contributed by atoms with Gasteiger partial charge < -0.3 is 4.74 Å². The van der Waals surface area contributed by atoms with Crippen LogP contribution < -0.4 is 10.1 Å².